The topological polar surface area (TPSA) is 1140 Å². The van der Waals surface area contributed by atoms with Gasteiger partial charge in [0.1, 0.15) is 40.8 Å². The zero-order valence-electron chi connectivity index (χ0n) is 43.6. The average Bonchev–Trinajstić information content (AvgIpc) is 1.92. The van der Waals surface area contributed by atoms with Crippen LogP contribution in [0.4, 0.5) is 95.2 Å². The highest BCUT2D eigenvalue weighted by molar-refractivity contribution is 5.18. The van der Waals surface area contributed by atoms with Crippen molar-refractivity contribution in [2.45, 2.75) is 0 Å². The molecule has 96 heavy (non-hydrogen) atoms. The molecule has 80 heteroatoms. The fourth-order valence-corrected chi connectivity index (χ4v) is 4.05. The molecule has 8 heterocycles. The quantitative estimate of drug-likeness (QED) is 0.0253. The van der Waals surface area contributed by atoms with Crippen LogP contribution in [0.15, 0.2) is 0 Å². The van der Waals surface area contributed by atoms with Crippen molar-refractivity contribution in [2.75, 3.05) is 46.7 Å². The summed E-state index contributed by atoms with van der Waals surface area (Å²) in [5.41, 5.74) is 0. The van der Waals surface area contributed by atoms with Gasteiger partial charge in [0, 0.05) is 78.2 Å². The van der Waals surface area contributed by atoms with Crippen molar-refractivity contribution in [3.05, 3.63) is 162 Å². The van der Waals surface area contributed by atoms with E-state index < -0.39 is 174 Å². The van der Waals surface area contributed by atoms with E-state index in [0.717, 1.165) is 0 Å². The maximum Gasteiger partial charge on any atom is 0.510 e. The van der Waals surface area contributed by atoms with Crippen LogP contribution >= 0.6 is 0 Å². The Morgan fingerprint density at radius 2 is 0.240 bits per heavy atom. The maximum absolute atomic E-state index is 10.0. The molecule has 0 spiro atoms. The van der Waals surface area contributed by atoms with Gasteiger partial charge in [-0.3, -0.25) is 46.7 Å². The summed E-state index contributed by atoms with van der Waals surface area (Å²) >= 11 is 0. The van der Waals surface area contributed by atoms with Gasteiger partial charge >= 0.3 is 95.2 Å². The van der Waals surface area contributed by atoms with Gasteiger partial charge in [0.25, 0.3) is 0 Å². The van der Waals surface area contributed by atoms with Gasteiger partial charge in [0.15, 0.2) is 0 Å². The monoisotopic (exact) mass is 1390 g/mol. The predicted octanol–water partition coefficient (Wildman–Crippen LogP) is -9.53. The fraction of sp³-hybridized carbons (Fsp3) is 0. The predicted molar refractivity (Wildman–Crippen MR) is 268 cm³/mol. The molecule has 0 atom stereocenters. The molecule has 0 fully saturated rings. The van der Waals surface area contributed by atoms with Crippen LogP contribution in [0.5, 0.6) is 0 Å². The Morgan fingerprint density at radius 3 is 0.271 bits per heavy atom. The molecule has 8 rings (SSSR count). The van der Waals surface area contributed by atoms with E-state index in [4.69, 9.17) is 46.7 Å². The second-order valence-electron chi connectivity index (χ2n) is 13.4. The number of rotatable bonds is 16. The van der Waals surface area contributed by atoms with Crippen molar-refractivity contribution in [3.8, 4) is 0 Å². The lowest BCUT2D eigenvalue weighted by Crippen LogP contribution is -2.13. The van der Waals surface area contributed by atoms with Crippen LogP contribution in [-0.4, -0.2) is 198 Å². The molecule has 0 bridgehead atoms. The lowest BCUT2D eigenvalue weighted by atomic mass is 11.0. The van der Waals surface area contributed by atoms with E-state index in [0.29, 0.717) is 0 Å². The number of nitro groups is 16. The number of nitrogens with zero attached hydrogens (tertiary/aromatic N) is 40. The molecule has 0 unspecified atom stereocenters. The minimum atomic E-state index is -0.976. The Balaban J connectivity index is 0.000000549. The van der Waals surface area contributed by atoms with Crippen molar-refractivity contribution in [3.63, 3.8) is 0 Å². The van der Waals surface area contributed by atoms with Gasteiger partial charge in [-0.2, -0.15) is 0 Å². The Bertz CT molecular complexity index is 3550. The Hall–Kier alpha value is -18.1. The van der Waals surface area contributed by atoms with Crippen LogP contribution in [0.25, 0.3) is 0 Å². The molecule has 0 aliphatic rings. The van der Waals surface area contributed by atoms with E-state index in [2.05, 4.69) is 80.7 Å². The fourth-order valence-electron chi connectivity index (χ4n) is 4.05. The number of hydrogen-bond acceptors (Lipinski definition) is 56. The van der Waals surface area contributed by atoms with Gasteiger partial charge in [-0.05, 0) is 78.8 Å². The second kappa shape index (κ2) is 31.9. The Labute approximate surface area is 501 Å². The minimum Gasteiger partial charge on any atom is -0.390 e. The van der Waals surface area contributed by atoms with Crippen LogP contribution < -0.4 is 46.7 Å². The van der Waals surface area contributed by atoms with Gasteiger partial charge < -0.3 is 162 Å². The van der Waals surface area contributed by atoms with E-state index in [1.54, 1.807) is 0 Å². The molecular weight excluding hydrogens is 1380 g/mol. The largest absolute Gasteiger partial charge is 0.510 e. The highest BCUT2D eigenvalue weighted by atomic mass is 16.7. The smallest absolute Gasteiger partial charge is 0.390 e. The lowest BCUT2D eigenvalue weighted by Gasteiger charge is -1.86. The summed E-state index contributed by atoms with van der Waals surface area (Å²) in [6.45, 7) is 0. The summed E-state index contributed by atoms with van der Waals surface area (Å²) < 4.78 is 0. The SMILES string of the molecule is Nn1nc([N+](=O)[O-])nc1[N+](=O)[O-].Nn1nc([N+](=O)[O-])nc1[N+](=O)[O-].Nn1nc([N+](=O)[O-])nc1[N+](=O)[O-].Nn1nc([N+](=O)[O-])nc1[N+](=O)[O-].Nn1nc([N+](=O)[O-])nc1[N+](=O)[O-].Nn1nc([N+](=O)[O-])nc1[N+](=O)[O-].Nn1nc([N+](=O)[O-])nc1[N+](=O)[O-].Nn1nc([N+](=O)[O-])nc1[N+](=O)[O-]. The highest BCUT2D eigenvalue weighted by Gasteiger charge is 2.32. The number of hydrogen-bond donors (Lipinski definition) is 8. The molecule has 80 nitrogen and oxygen atoms in total. The Morgan fingerprint density at radius 1 is 0.167 bits per heavy atom. The summed E-state index contributed by atoms with van der Waals surface area (Å²) in [5.74, 6) is 24.8. The van der Waals surface area contributed by atoms with Crippen LogP contribution in [0.1, 0.15) is 0 Å². The first-order valence-corrected chi connectivity index (χ1v) is 20.2. The first kappa shape index (κ1) is 75.9. The second-order valence-corrected chi connectivity index (χ2v) is 13.4. The van der Waals surface area contributed by atoms with Crippen LogP contribution in [0.2, 0.25) is 0 Å². The molecule has 512 valence electrons. The zero-order valence-corrected chi connectivity index (χ0v) is 43.6. The molecule has 0 aliphatic carbocycles. The van der Waals surface area contributed by atoms with Crippen molar-refractivity contribution in [2.24, 2.45) is 0 Å². The van der Waals surface area contributed by atoms with Crippen molar-refractivity contribution < 1.29 is 78.8 Å². The third kappa shape index (κ3) is 21.2. The number of nitrogens with two attached hydrogens (primary N) is 8. The van der Waals surface area contributed by atoms with Gasteiger partial charge in [0.05, 0.1) is 0 Å². The van der Waals surface area contributed by atoms with Gasteiger partial charge in [-0.25, -0.2) is 0 Å². The number of aromatic nitrogens is 24. The third-order valence-corrected chi connectivity index (χ3v) is 7.43. The van der Waals surface area contributed by atoms with Crippen molar-refractivity contribution in [1.29, 1.82) is 0 Å². The van der Waals surface area contributed by atoms with Crippen molar-refractivity contribution >= 4 is 95.2 Å². The summed E-state index contributed by atoms with van der Waals surface area (Å²) in [7, 11) is 0. The van der Waals surface area contributed by atoms with E-state index in [1.165, 1.54) is 0 Å². The first-order chi connectivity index (χ1) is 44.2. The van der Waals surface area contributed by atoms with Crippen molar-refractivity contribution in [1.82, 2.24) is 119 Å². The van der Waals surface area contributed by atoms with E-state index in [-0.39, 0.29) is 38.3 Å². The molecule has 0 radical (unpaired) electrons. The number of nitrogen functional groups attached to an aromatic ring is 8. The minimum absolute atomic E-state index is 0.234. The lowest BCUT2D eigenvalue weighted by molar-refractivity contribution is -0.404. The summed E-state index contributed by atoms with van der Waals surface area (Å²) in [5, 5.41) is 184. The normalized spacial score (nSPS) is 9.67. The molecule has 16 N–H and O–H groups in total. The van der Waals surface area contributed by atoms with Gasteiger partial charge in [-0.1, -0.05) is 0 Å². The molecule has 0 aromatic carbocycles. The van der Waals surface area contributed by atoms with Gasteiger partial charge in [0.2, 0.25) is 0 Å². The third-order valence-electron chi connectivity index (χ3n) is 7.43. The van der Waals surface area contributed by atoms with E-state index in [9.17, 15) is 162 Å². The van der Waals surface area contributed by atoms with Crippen LogP contribution in [0, 0.1) is 162 Å². The molecule has 8 aromatic rings. The Kier molecular flexibility index (Phi) is 25.2. The van der Waals surface area contributed by atoms with Crippen LogP contribution in [0.3, 0.4) is 0 Å². The maximum atomic E-state index is 10.0. The molecule has 0 saturated heterocycles. The first-order valence-electron chi connectivity index (χ1n) is 20.2. The summed E-state index contributed by atoms with van der Waals surface area (Å²) in [4.78, 5) is 170. The standard InChI is InChI=1S/8C2H2N6O4/c8*3-6-2(8(11)12)4-1(5-6)7(9)10/h8*3H2. The van der Waals surface area contributed by atoms with E-state index >= 15 is 0 Å². The van der Waals surface area contributed by atoms with Gasteiger partial charge in [-0.15, -0.1) is 0 Å². The summed E-state index contributed by atoms with van der Waals surface area (Å²) in [6, 6.07) is 0. The highest BCUT2D eigenvalue weighted by Crippen LogP contribution is 2.15. The van der Waals surface area contributed by atoms with Crippen LogP contribution in [-0.2, 0) is 0 Å². The molecule has 0 amide bonds. The van der Waals surface area contributed by atoms with E-state index in [1.807, 2.05) is 0 Å². The molecule has 0 saturated carbocycles. The summed E-state index contributed by atoms with van der Waals surface area (Å²) in [6.07, 6.45) is 0. The molecular formula is C16H16N48O32. The average molecular weight is 1390 g/mol. The molecule has 0 aliphatic heterocycles. The molecule has 8 aromatic heterocycles. The zero-order chi connectivity index (χ0) is 74.4.